The number of carbonyl (C=O) groups is 1. The average molecular weight is 452 g/mol. The van der Waals surface area contributed by atoms with Gasteiger partial charge in [-0.05, 0) is 36.8 Å². The van der Waals surface area contributed by atoms with E-state index in [1.807, 2.05) is 0 Å². The fourth-order valence-corrected chi connectivity index (χ4v) is 6.22. The summed E-state index contributed by atoms with van der Waals surface area (Å²) in [5, 5.41) is 6.89. The summed E-state index contributed by atoms with van der Waals surface area (Å²) in [7, 11) is 0. The van der Waals surface area contributed by atoms with E-state index in [1.54, 1.807) is 0 Å². The molecule has 33 heavy (non-hydrogen) atoms. The number of morpholine rings is 1. The summed E-state index contributed by atoms with van der Waals surface area (Å²) in [6, 6.07) is 15.7. The molecular weight excluding hydrogens is 418 g/mol. The molecular formula is C26H33N3O4. The van der Waals surface area contributed by atoms with Gasteiger partial charge in [0.25, 0.3) is 12.0 Å². The van der Waals surface area contributed by atoms with Gasteiger partial charge >= 0.3 is 0 Å². The van der Waals surface area contributed by atoms with Crippen molar-refractivity contribution in [3.05, 3.63) is 69.6 Å². The number of nitrogens with zero attached hydrogens (tertiary/aromatic N) is 3. The van der Waals surface area contributed by atoms with Crippen LogP contribution in [0.5, 0.6) is 0 Å². The van der Waals surface area contributed by atoms with E-state index in [0.29, 0.717) is 24.0 Å². The van der Waals surface area contributed by atoms with Gasteiger partial charge in [-0.15, -0.1) is 0 Å². The smallest absolute Gasteiger partial charge is 0.290 e. The van der Waals surface area contributed by atoms with Gasteiger partial charge in [0.1, 0.15) is 0 Å². The molecule has 3 fully saturated rings. The van der Waals surface area contributed by atoms with Crippen molar-refractivity contribution in [2.45, 2.75) is 50.4 Å². The van der Waals surface area contributed by atoms with E-state index in [4.69, 9.17) is 14.6 Å². The van der Waals surface area contributed by atoms with Crippen LogP contribution in [0, 0.1) is 5.92 Å². The zero-order valence-corrected chi connectivity index (χ0v) is 19.0. The highest BCUT2D eigenvalue weighted by Gasteiger charge is 2.39. The third-order valence-corrected chi connectivity index (χ3v) is 7.71. The van der Waals surface area contributed by atoms with Gasteiger partial charge in [0.15, 0.2) is 0 Å². The van der Waals surface area contributed by atoms with Gasteiger partial charge in [-0.3, -0.25) is 14.5 Å². The number of rotatable bonds is 5. The minimum Gasteiger partial charge on any atom is -0.483 e. The number of hydrogen-bond acceptors (Lipinski definition) is 5. The third kappa shape index (κ3) is 4.76. The maximum atomic E-state index is 13.3. The van der Waals surface area contributed by atoms with Crippen molar-refractivity contribution in [2.75, 3.05) is 32.8 Å². The SMILES string of the molecule is O=CO.O=c1c(CN2C[C@H]3C[C@@H]2CO3)ccc2n1C[C@H]1C[C@@H]2CN(CCc2ccccc2)C1. The fraction of sp³-hybridized carbons (Fsp3) is 0.538. The van der Waals surface area contributed by atoms with Crippen LogP contribution in [0.25, 0.3) is 0 Å². The molecule has 176 valence electrons. The molecule has 7 nitrogen and oxygen atoms in total. The van der Waals surface area contributed by atoms with Crippen LogP contribution >= 0.6 is 0 Å². The van der Waals surface area contributed by atoms with Crippen molar-refractivity contribution in [3.8, 4) is 0 Å². The molecule has 4 bridgehead atoms. The molecule has 3 saturated heterocycles. The Balaban J connectivity index is 0.000000724. The van der Waals surface area contributed by atoms with Crippen LogP contribution in [0.3, 0.4) is 0 Å². The van der Waals surface area contributed by atoms with Crippen molar-refractivity contribution in [1.82, 2.24) is 14.4 Å². The largest absolute Gasteiger partial charge is 0.483 e. The van der Waals surface area contributed by atoms with Crippen LogP contribution in [0.1, 0.15) is 35.6 Å². The number of aromatic nitrogens is 1. The molecule has 0 saturated carbocycles. The number of fused-ring (bicyclic) bond motifs is 6. The lowest BCUT2D eigenvalue weighted by atomic mass is 9.83. The molecule has 4 atom stereocenters. The third-order valence-electron chi connectivity index (χ3n) is 7.71. The Kier molecular flexibility index (Phi) is 6.62. The van der Waals surface area contributed by atoms with Crippen LogP contribution in [0.15, 0.2) is 47.3 Å². The Morgan fingerprint density at radius 2 is 1.85 bits per heavy atom. The summed E-state index contributed by atoms with van der Waals surface area (Å²) in [6.45, 7) is 6.53. The molecule has 0 spiro atoms. The normalized spacial score (nSPS) is 28.1. The van der Waals surface area contributed by atoms with Crippen LogP contribution in [-0.2, 0) is 29.0 Å². The summed E-state index contributed by atoms with van der Waals surface area (Å²) in [6.07, 6.45) is 3.85. The highest BCUT2D eigenvalue weighted by Crippen LogP contribution is 2.35. The van der Waals surface area contributed by atoms with Gasteiger partial charge < -0.3 is 19.3 Å². The van der Waals surface area contributed by atoms with E-state index in [-0.39, 0.29) is 12.0 Å². The standard InChI is InChI=1S/C25H31N3O2.CH2O2/c29-25-20(15-27-16-23-11-22(27)17-30-23)6-7-24-21-10-19(13-28(24)25)12-26(14-21)9-8-18-4-2-1-3-5-18;2-1-3/h1-7,19,21-23H,8-17H2;1H,(H,2,3)/t19-,21+,22+,23+;/m0./s1. The highest BCUT2D eigenvalue weighted by atomic mass is 16.5. The number of ether oxygens (including phenoxy) is 1. The van der Waals surface area contributed by atoms with Crippen molar-refractivity contribution >= 4 is 6.47 Å². The average Bonchev–Trinajstić information content (AvgIpc) is 3.45. The maximum Gasteiger partial charge on any atom is 0.290 e. The molecule has 2 aromatic rings. The molecule has 5 heterocycles. The Hall–Kier alpha value is -2.48. The monoisotopic (exact) mass is 451 g/mol. The molecule has 0 amide bonds. The summed E-state index contributed by atoms with van der Waals surface area (Å²) in [5.41, 5.74) is 3.89. The first kappa shape index (κ1) is 22.3. The number of pyridine rings is 1. The molecule has 6 rings (SSSR count). The van der Waals surface area contributed by atoms with E-state index >= 15 is 0 Å². The number of benzene rings is 1. The summed E-state index contributed by atoms with van der Waals surface area (Å²) >= 11 is 0. The fourth-order valence-electron chi connectivity index (χ4n) is 6.22. The molecule has 1 N–H and O–H groups in total. The Labute approximate surface area is 194 Å². The molecule has 1 aromatic heterocycles. The van der Waals surface area contributed by atoms with Gasteiger partial charge in [0, 0.05) is 62.5 Å². The second-order valence-electron chi connectivity index (χ2n) is 9.87. The molecule has 0 aliphatic carbocycles. The molecule has 0 radical (unpaired) electrons. The lowest BCUT2D eigenvalue weighted by Gasteiger charge is -2.43. The second kappa shape index (κ2) is 9.79. The summed E-state index contributed by atoms with van der Waals surface area (Å²) in [4.78, 5) is 26.8. The van der Waals surface area contributed by atoms with Gasteiger partial charge in [0.2, 0.25) is 0 Å². The number of likely N-dealkylation sites (tertiary alicyclic amines) is 2. The first-order valence-electron chi connectivity index (χ1n) is 12.1. The van der Waals surface area contributed by atoms with E-state index in [2.05, 4.69) is 56.8 Å². The zero-order valence-electron chi connectivity index (χ0n) is 19.0. The second-order valence-corrected chi connectivity index (χ2v) is 9.87. The molecule has 1 aromatic carbocycles. The highest BCUT2D eigenvalue weighted by molar-refractivity contribution is 5.32. The minimum absolute atomic E-state index is 0.250. The van der Waals surface area contributed by atoms with Gasteiger partial charge in [-0.25, -0.2) is 0 Å². The topological polar surface area (TPSA) is 75.0 Å². The minimum atomic E-state index is -0.250. The van der Waals surface area contributed by atoms with Gasteiger partial charge in [-0.2, -0.15) is 0 Å². The van der Waals surface area contributed by atoms with Gasteiger partial charge in [0.05, 0.1) is 12.7 Å². The van der Waals surface area contributed by atoms with Crippen LogP contribution in [0.2, 0.25) is 0 Å². The van der Waals surface area contributed by atoms with Crippen molar-refractivity contribution in [3.63, 3.8) is 0 Å². The number of hydrogen-bond donors (Lipinski definition) is 1. The number of carboxylic acid groups (broad SMARTS) is 1. The van der Waals surface area contributed by atoms with Crippen LogP contribution in [-0.4, -0.2) is 70.9 Å². The molecule has 7 heteroatoms. The van der Waals surface area contributed by atoms with E-state index < -0.39 is 0 Å². The maximum absolute atomic E-state index is 13.3. The lowest BCUT2D eigenvalue weighted by Crippen LogP contribution is -2.48. The summed E-state index contributed by atoms with van der Waals surface area (Å²) < 4.78 is 7.84. The Morgan fingerprint density at radius 3 is 2.58 bits per heavy atom. The van der Waals surface area contributed by atoms with E-state index in [0.717, 1.165) is 64.3 Å². The summed E-state index contributed by atoms with van der Waals surface area (Å²) in [5.74, 6) is 1.09. The first-order chi connectivity index (χ1) is 16.1. The van der Waals surface area contributed by atoms with E-state index in [1.165, 1.54) is 17.7 Å². The lowest BCUT2D eigenvalue weighted by molar-refractivity contribution is -0.122. The van der Waals surface area contributed by atoms with Crippen LogP contribution < -0.4 is 5.56 Å². The first-order valence-corrected chi connectivity index (χ1v) is 12.1. The molecule has 4 aliphatic rings. The van der Waals surface area contributed by atoms with Crippen molar-refractivity contribution < 1.29 is 14.6 Å². The molecule has 0 unspecified atom stereocenters. The van der Waals surface area contributed by atoms with Crippen LogP contribution in [0.4, 0.5) is 0 Å². The zero-order chi connectivity index (χ0) is 22.8. The quantitative estimate of drug-likeness (QED) is 0.703. The van der Waals surface area contributed by atoms with Crippen molar-refractivity contribution in [2.24, 2.45) is 5.92 Å². The van der Waals surface area contributed by atoms with E-state index in [9.17, 15) is 4.79 Å². The number of piperidine rings is 1. The Bertz CT molecular complexity index is 1020. The Morgan fingerprint density at radius 1 is 1.03 bits per heavy atom. The predicted molar refractivity (Wildman–Crippen MR) is 125 cm³/mol. The van der Waals surface area contributed by atoms with Gasteiger partial charge in [-0.1, -0.05) is 36.4 Å². The van der Waals surface area contributed by atoms with Crippen molar-refractivity contribution in [1.29, 1.82) is 0 Å². The molecule has 4 aliphatic heterocycles. The predicted octanol–water partition coefficient (Wildman–Crippen LogP) is 2.18.